The zero-order valence-corrected chi connectivity index (χ0v) is 11.5. The van der Waals surface area contributed by atoms with Crippen LogP contribution in [-0.4, -0.2) is 6.61 Å². The van der Waals surface area contributed by atoms with Crippen molar-refractivity contribution < 1.29 is 4.74 Å². The van der Waals surface area contributed by atoms with Gasteiger partial charge in [0.25, 0.3) is 0 Å². The van der Waals surface area contributed by atoms with Crippen molar-refractivity contribution >= 4 is 27.5 Å². The first kappa shape index (κ1) is 12.5. The summed E-state index contributed by atoms with van der Waals surface area (Å²) in [4.78, 5) is 0. The highest BCUT2D eigenvalue weighted by Gasteiger charge is 1.96. The molecule has 0 aliphatic rings. The fraction of sp³-hybridized carbons (Fsp3) is 0.143. The van der Waals surface area contributed by atoms with Crippen LogP contribution in [-0.2, 0) is 6.42 Å². The van der Waals surface area contributed by atoms with Crippen LogP contribution in [0.2, 0.25) is 5.02 Å². The summed E-state index contributed by atoms with van der Waals surface area (Å²) >= 11 is 9.23. The minimum absolute atomic E-state index is 0.665. The normalized spacial score (nSPS) is 10.2. The molecule has 0 unspecified atom stereocenters. The number of hydrogen-bond donors (Lipinski definition) is 0. The third kappa shape index (κ3) is 4.06. The molecule has 0 aliphatic carbocycles. The maximum Gasteiger partial charge on any atom is 0.120 e. The first-order valence-electron chi connectivity index (χ1n) is 5.37. The van der Waals surface area contributed by atoms with E-state index in [2.05, 4.69) is 15.9 Å². The molecule has 0 radical (unpaired) electrons. The molecule has 3 heteroatoms. The molecule has 17 heavy (non-hydrogen) atoms. The SMILES string of the molecule is Clc1ccc(CCOc2cccc(Br)c2)cc1. The van der Waals surface area contributed by atoms with Gasteiger partial charge in [-0.15, -0.1) is 0 Å². The van der Waals surface area contributed by atoms with Crippen LogP contribution < -0.4 is 4.74 Å². The number of ether oxygens (including phenoxy) is 1. The van der Waals surface area contributed by atoms with Crippen LogP contribution in [0.25, 0.3) is 0 Å². The van der Waals surface area contributed by atoms with E-state index in [-0.39, 0.29) is 0 Å². The van der Waals surface area contributed by atoms with Gasteiger partial charge in [0, 0.05) is 15.9 Å². The van der Waals surface area contributed by atoms with E-state index in [0.717, 1.165) is 21.7 Å². The second-order valence-electron chi connectivity index (χ2n) is 3.68. The Morgan fingerprint density at radius 3 is 2.53 bits per heavy atom. The third-order valence-electron chi connectivity index (χ3n) is 2.37. The highest BCUT2D eigenvalue weighted by Crippen LogP contribution is 2.18. The highest BCUT2D eigenvalue weighted by atomic mass is 79.9. The van der Waals surface area contributed by atoms with E-state index < -0.39 is 0 Å². The lowest BCUT2D eigenvalue weighted by molar-refractivity contribution is 0.322. The van der Waals surface area contributed by atoms with Crippen LogP contribution >= 0.6 is 27.5 Å². The summed E-state index contributed by atoms with van der Waals surface area (Å²) in [7, 11) is 0. The fourth-order valence-electron chi connectivity index (χ4n) is 1.49. The molecule has 0 aliphatic heterocycles. The van der Waals surface area contributed by atoms with Gasteiger partial charge in [-0.25, -0.2) is 0 Å². The Bertz CT molecular complexity index is 482. The van der Waals surface area contributed by atoms with Gasteiger partial charge in [-0.2, -0.15) is 0 Å². The standard InChI is InChI=1S/C14H12BrClO/c15-12-2-1-3-14(10-12)17-9-8-11-4-6-13(16)7-5-11/h1-7,10H,8-9H2. The van der Waals surface area contributed by atoms with Crippen molar-refractivity contribution in [2.45, 2.75) is 6.42 Å². The molecule has 0 saturated heterocycles. The predicted octanol–water partition coefficient (Wildman–Crippen LogP) is 4.72. The van der Waals surface area contributed by atoms with Crippen molar-refractivity contribution in [3.8, 4) is 5.75 Å². The Labute approximate surface area is 115 Å². The second-order valence-corrected chi connectivity index (χ2v) is 5.03. The van der Waals surface area contributed by atoms with E-state index in [1.165, 1.54) is 5.56 Å². The first-order valence-corrected chi connectivity index (χ1v) is 6.54. The molecule has 0 fully saturated rings. The Morgan fingerprint density at radius 1 is 1.06 bits per heavy atom. The van der Waals surface area contributed by atoms with E-state index in [0.29, 0.717) is 6.61 Å². The molecule has 1 nitrogen and oxygen atoms in total. The lowest BCUT2D eigenvalue weighted by Crippen LogP contribution is -2.01. The maximum absolute atomic E-state index is 5.82. The van der Waals surface area contributed by atoms with Gasteiger partial charge in [0.05, 0.1) is 6.61 Å². The minimum atomic E-state index is 0.665. The molecule has 88 valence electrons. The maximum atomic E-state index is 5.82. The Hall–Kier alpha value is -0.990. The van der Waals surface area contributed by atoms with Crippen molar-refractivity contribution in [1.29, 1.82) is 0 Å². The van der Waals surface area contributed by atoms with Gasteiger partial charge in [-0.3, -0.25) is 0 Å². The summed E-state index contributed by atoms with van der Waals surface area (Å²) in [6.07, 6.45) is 0.879. The molecule has 0 saturated carbocycles. The highest BCUT2D eigenvalue weighted by molar-refractivity contribution is 9.10. The van der Waals surface area contributed by atoms with Gasteiger partial charge < -0.3 is 4.74 Å². The number of rotatable bonds is 4. The summed E-state index contributed by atoms with van der Waals surface area (Å²) in [5.74, 6) is 0.883. The van der Waals surface area contributed by atoms with Gasteiger partial charge >= 0.3 is 0 Å². The first-order chi connectivity index (χ1) is 8.24. The van der Waals surface area contributed by atoms with Crippen molar-refractivity contribution in [3.05, 3.63) is 63.6 Å². The zero-order chi connectivity index (χ0) is 12.1. The summed E-state index contributed by atoms with van der Waals surface area (Å²) in [5.41, 5.74) is 1.23. The molecule has 2 aromatic carbocycles. The molecule has 0 bridgehead atoms. The Morgan fingerprint density at radius 2 is 1.82 bits per heavy atom. The van der Waals surface area contributed by atoms with E-state index >= 15 is 0 Å². The van der Waals surface area contributed by atoms with Gasteiger partial charge in [0.15, 0.2) is 0 Å². The van der Waals surface area contributed by atoms with E-state index in [1.807, 2.05) is 48.5 Å². The van der Waals surface area contributed by atoms with Gasteiger partial charge in [-0.05, 0) is 35.9 Å². The summed E-state index contributed by atoms with van der Waals surface area (Å²) < 4.78 is 6.69. The third-order valence-corrected chi connectivity index (χ3v) is 3.11. The van der Waals surface area contributed by atoms with Crippen molar-refractivity contribution in [1.82, 2.24) is 0 Å². The smallest absolute Gasteiger partial charge is 0.120 e. The summed E-state index contributed by atoms with van der Waals surface area (Å²) in [6, 6.07) is 15.7. The average Bonchev–Trinajstić information content (AvgIpc) is 2.32. The van der Waals surface area contributed by atoms with Crippen LogP contribution in [0.3, 0.4) is 0 Å². The largest absolute Gasteiger partial charge is 0.493 e. The van der Waals surface area contributed by atoms with E-state index in [1.54, 1.807) is 0 Å². The van der Waals surface area contributed by atoms with Crippen LogP contribution in [0.1, 0.15) is 5.56 Å². The van der Waals surface area contributed by atoms with Gasteiger partial charge in [0.2, 0.25) is 0 Å². The molecule has 0 spiro atoms. The molecular formula is C14H12BrClO. The quantitative estimate of drug-likeness (QED) is 0.793. The monoisotopic (exact) mass is 310 g/mol. The molecule has 2 aromatic rings. The molecule has 0 heterocycles. The summed E-state index contributed by atoms with van der Waals surface area (Å²) in [5, 5.41) is 0.765. The topological polar surface area (TPSA) is 9.23 Å². The zero-order valence-electron chi connectivity index (χ0n) is 9.20. The minimum Gasteiger partial charge on any atom is -0.493 e. The molecule has 0 N–H and O–H groups in total. The lowest BCUT2D eigenvalue weighted by Gasteiger charge is -2.06. The number of benzene rings is 2. The molecular weight excluding hydrogens is 300 g/mol. The van der Waals surface area contributed by atoms with Gasteiger partial charge in [0.1, 0.15) is 5.75 Å². The van der Waals surface area contributed by atoms with Crippen molar-refractivity contribution in [2.24, 2.45) is 0 Å². The van der Waals surface area contributed by atoms with Gasteiger partial charge in [-0.1, -0.05) is 45.7 Å². The number of halogens is 2. The fourth-order valence-corrected chi connectivity index (χ4v) is 2.00. The van der Waals surface area contributed by atoms with E-state index in [9.17, 15) is 0 Å². The predicted molar refractivity (Wildman–Crippen MR) is 74.8 cm³/mol. The van der Waals surface area contributed by atoms with Crippen LogP contribution in [0.15, 0.2) is 53.0 Å². The molecule has 0 amide bonds. The Kier molecular flexibility index (Phi) is 4.46. The Balaban J connectivity index is 1.85. The van der Waals surface area contributed by atoms with Crippen LogP contribution in [0.4, 0.5) is 0 Å². The van der Waals surface area contributed by atoms with E-state index in [4.69, 9.17) is 16.3 Å². The van der Waals surface area contributed by atoms with Crippen LogP contribution in [0.5, 0.6) is 5.75 Å². The van der Waals surface area contributed by atoms with Crippen molar-refractivity contribution in [3.63, 3.8) is 0 Å². The molecule has 0 aromatic heterocycles. The summed E-state index contributed by atoms with van der Waals surface area (Å²) in [6.45, 7) is 0.665. The average molecular weight is 312 g/mol. The lowest BCUT2D eigenvalue weighted by atomic mass is 10.2. The molecule has 2 rings (SSSR count). The second kappa shape index (κ2) is 6.08. The van der Waals surface area contributed by atoms with Crippen LogP contribution in [0, 0.1) is 0 Å². The molecule has 0 atom stereocenters. The number of hydrogen-bond acceptors (Lipinski definition) is 1. The van der Waals surface area contributed by atoms with Crippen molar-refractivity contribution in [2.75, 3.05) is 6.61 Å².